The first-order valence-electron chi connectivity index (χ1n) is 6.95. The molecule has 3 aromatic rings. The number of benzene rings is 2. The lowest BCUT2D eigenvalue weighted by Gasteiger charge is -2.10. The summed E-state index contributed by atoms with van der Waals surface area (Å²) in [5.41, 5.74) is 1.58. The zero-order valence-electron chi connectivity index (χ0n) is 12.0. The summed E-state index contributed by atoms with van der Waals surface area (Å²) in [7, 11) is 0. The van der Waals surface area contributed by atoms with Gasteiger partial charge in [0.1, 0.15) is 5.82 Å². The summed E-state index contributed by atoms with van der Waals surface area (Å²) in [5, 5.41) is 7.81. The van der Waals surface area contributed by atoms with Gasteiger partial charge in [-0.2, -0.15) is 5.10 Å². The number of nitrogens with one attached hydrogen (secondary N) is 1. The minimum Gasteiger partial charge on any atom is -0.307 e. The lowest BCUT2D eigenvalue weighted by molar-refractivity contribution is 0.102. The predicted molar refractivity (Wildman–Crippen MR) is 94.9 cm³/mol. The van der Waals surface area contributed by atoms with Crippen LogP contribution < -0.4 is 5.32 Å². The van der Waals surface area contributed by atoms with Crippen LogP contribution in [0.15, 0.2) is 65.3 Å². The van der Waals surface area contributed by atoms with Gasteiger partial charge in [-0.05, 0) is 45.8 Å². The smallest absolute Gasteiger partial charge is 0.257 e. The van der Waals surface area contributed by atoms with E-state index in [2.05, 4.69) is 26.3 Å². The molecule has 0 aliphatic carbocycles. The van der Waals surface area contributed by atoms with Gasteiger partial charge in [-0.25, -0.2) is 4.68 Å². The molecule has 1 aromatic heterocycles. The van der Waals surface area contributed by atoms with Gasteiger partial charge in [-0.15, -0.1) is 0 Å². The molecule has 4 nitrogen and oxygen atoms in total. The van der Waals surface area contributed by atoms with E-state index in [9.17, 15) is 4.79 Å². The predicted octanol–water partition coefficient (Wildman–Crippen LogP) is 4.60. The molecule has 23 heavy (non-hydrogen) atoms. The van der Waals surface area contributed by atoms with Crippen LogP contribution in [0.25, 0.3) is 0 Å². The van der Waals surface area contributed by atoms with Crippen LogP contribution in [-0.2, 0) is 6.54 Å². The number of hydrogen-bond acceptors (Lipinski definition) is 2. The Labute approximate surface area is 147 Å². The van der Waals surface area contributed by atoms with Crippen molar-refractivity contribution in [3.8, 4) is 0 Å². The summed E-state index contributed by atoms with van der Waals surface area (Å²) in [6, 6.07) is 16.6. The molecule has 0 saturated carbocycles. The highest BCUT2D eigenvalue weighted by atomic mass is 79.9. The number of aromatic nitrogens is 2. The Morgan fingerprint density at radius 2 is 2.00 bits per heavy atom. The molecule has 0 bridgehead atoms. The van der Waals surface area contributed by atoms with Gasteiger partial charge in [0, 0.05) is 15.6 Å². The van der Waals surface area contributed by atoms with E-state index in [0.29, 0.717) is 22.9 Å². The molecule has 1 heterocycles. The van der Waals surface area contributed by atoms with Crippen LogP contribution >= 0.6 is 27.5 Å². The maximum Gasteiger partial charge on any atom is 0.257 e. The fourth-order valence-corrected chi connectivity index (χ4v) is 2.88. The van der Waals surface area contributed by atoms with Crippen molar-refractivity contribution in [2.75, 3.05) is 5.32 Å². The van der Waals surface area contributed by atoms with Crippen LogP contribution in [0.1, 0.15) is 15.9 Å². The third-order valence-electron chi connectivity index (χ3n) is 3.30. The molecule has 2 aromatic carbocycles. The van der Waals surface area contributed by atoms with E-state index < -0.39 is 0 Å². The first kappa shape index (κ1) is 15.8. The Morgan fingerprint density at radius 1 is 1.17 bits per heavy atom. The highest BCUT2D eigenvalue weighted by molar-refractivity contribution is 9.10. The van der Waals surface area contributed by atoms with Gasteiger partial charge >= 0.3 is 0 Å². The maximum absolute atomic E-state index is 12.4. The van der Waals surface area contributed by atoms with Gasteiger partial charge < -0.3 is 5.32 Å². The van der Waals surface area contributed by atoms with Crippen molar-refractivity contribution in [1.29, 1.82) is 0 Å². The van der Waals surface area contributed by atoms with Gasteiger partial charge in [0.25, 0.3) is 5.91 Å². The van der Waals surface area contributed by atoms with E-state index >= 15 is 0 Å². The van der Waals surface area contributed by atoms with Gasteiger partial charge in [-0.1, -0.05) is 35.9 Å². The molecule has 3 rings (SSSR count). The van der Waals surface area contributed by atoms with Gasteiger partial charge in [0.15, 0.2) is 0 Å². The van der Waals surface area contributed by atoms with E-state index in [0.717, 1.165) is 10.0 Å². The summed E-state index contributed by atoms with van der Waals surface area (Å²) < 4.78 is 2.47. The third-order valence-corrected chi connectivity index (χ3v) is 4.22. The zero-order chi connectivity index (χ0) is 16.2. The molecule has 0 unspecified atom stereocenters. The van der Waals surface area contributed by atoms with Crippen molar-refractivity contribution in [3.63, 3.8) is 0 Å². The second-order valence-electron chi connectivity index (χ2n) is 4.94. The van der Waals surface area contributed by atoms with Crippen LogP contribution in [0.5, 0.6) is 0 Å². The minimum absolute atomic E-state index is 0.190. The molecule has 0 atom stereocenters. The maximum atomic E-state index is 12.4. The van der Waals surface area contributed by atoms with E-state index in [1.807, 2.05) is 42.5 Å². The molecule has 0 spiro atoms. The number of rotatable bonds is 4. The number of halogens is 2. The summed E-state index contributed by atoms with van der Waals surface area (Å²) in [5.74, 6) is 0.441. The molecule has 1 amide bonds. The molecular weight excluding hydrogens is 378 g/mol. The molecule has 0 aliphatic rings. The highest BCUT2D eigenvalue weighted by Gasteiger charge is 2.12. The first-order chi connectivity index (χ1) is 11.1. The van der Waals surface area contributed by atoms with Crippen LogP contribution in [0, 0.1) is 0 Å². The molecule has 0 radical (unpaired) electrons. The lowest BCUT2D eigenvalue weighted by Crippen LogP contribution is -2.16. The van der Waals surface area contributed by atoms with Crippen molar-refractivity contribution in [2.24, 2.45) is 0 Å². The van der Waals surface area contributed by atoms with Crippen molar-refractivity contribution < 1.29 is 4.79 Å². The lowest BCUT2D eigenvalue weighted by atomic mass is 10.2. The van der Waals surface area contributed by atoms with Gasteiger partial charge in [-0.3, -0.25) is 4.79 Å². The number of anilines is 1. The molecule has 1 N–H and O–H groups in total. The molecule has 6 heteroatoms. The summed E-state index contributed by atoms with van der Waals surface area (Å²) >= 11 is 9.39. The largest absolute Gasteiger partial charge is 0.307 e. The Kier molecular flexibility index (Phi) is 4.79. The Balaban J connectivity index is 1.79. The fraction of sp³-hybridized carbons (Fsp3) is 0.0588. The van der Waals surface area contributed by atoms with Crippen molar-refractivity contribution in [2.45, 2.75) is 6.54 Å². The summed E-state index contributed by atoms with van der Waals surface area (Å²) in [6.45, 7) is 0.527. The van der Waals surface area contributed by atoms with Crippen molar-refractivity contribution >= 4 is 39.3 Å². The number of nitrogens with zero attached hydrogens (tertiary/aromatic N) is 2. The topological polar surface area (TPSA) is 46.9 Å². The SMILES string of the molecule is O=C(Nc1ccnn1Cc1cccc(Cl)c1)c1ccccc1Br. The number of carbonyl (C=O) groups excluding carboxylic acids is 1. The number of carbonyl (C=O) groups is 1. The summed E-state index contributed by atoms with van der Waals surface area (Å²) in [4.78, 5) is 12.4. The number of amides is 1. The monoisotopic (exact) mass is 389 g/mol. The molecule has 116 valence electrons. The summed E-state index contributed by atoms with van der Waals surface area (Å²) in [6.07, 6.45) is 1.65. The zero-order valence-corrected chi connectivity index (χ0v) is 14.4. The molecular formula is C17H13BrClN3O. The number of hydrogen-bond donors (Lipinski definition) is 1. The quantitative estimate of drug-likeness (QED) is 0.708. The second kappa shape index (κ2) is 6.98. The second-order valence-corrected chi connectivity index (χ2v) is 6.23. The van der Waals surface area contributed by atoms with Gasteiger partial charge in [0.05, 0.1) is 18.3 Å². The van der Waals surface area contributed by atoms with E-state index in [4.69, 9.17) is 11.6 Å². The van der Waals surface area contributed by atoms with Crippen molar-refractivity contribution in [1.82, 2.24) is 9.78 Å². The van der Waals surface area contributed by atoms with E-state index in [-0.39, 0.29) is 5.91 Å². The average molecular weight is 391 g/mol. The van der Waals surface area contributed by atoms with Crippen LogP contribution in [-0.4, -0.2) is 15.7 Å². The van der Waals surface area contributed by atoms with Gasteiger partial charge in [0.2, 0.25) is 0 Å². The molecule has 0 saturated heterocycles. The van der Waals surface area contributed by atoms with Crippen molar-refractivity contribution in [3.05, 3.63) is 81.4 Å². The highest BCUT2D eigenvalue weighted by Crippen LogP contribution is 2.19. The van der Waals surface area contributed by atoms with Crippen LogP contribution in [0.4, 0.5) is 5.82 Å². The first-order valence-corrected chi connectivity index (χ1v) is 8.13. The Bertz CT molecular complexity index is 847. The standard InChI is InChI=1S/C17H13BrClN3O/c18-15-7-2-1-6-14(15)17(23)21-16-8-9-20-22(16)11-12-4-3-5-13(19)10-12/h1-10H,11H2,(H,21,23). The molecule has 0 fully saturated rings. The Hall–Kier alpha value is -2.11. The molecule has 0 aliphatic heterocycles. The van der Waals surface area contributed by atoms with Crippen LogP contribution in [0.2, 0.25) is 5.02 Å². The minimum atomic E-state index is -0.190. The average Bonchev–Trinajstić information content (AvgIpc) is 2.94. The normalized spacial score (nSPS) is 10.5. The van der Waals surface area contributed by atoms with Crippen LogP contribution in [0.3, 0.4) is 0 Å². The Morgan fingerprint density at radius 3 is 2.78 bits per heavy atom. The fourth-order valence-electron chi connectivity index (χ4n) is 2.20. The van der Waals surface area contributed by atoms with E-state index in [1.165, 1.54) is 0 Å². The van der Waals surface area contributed by atoms with E-state index in [1.54, 1.807) is 23.0 Å². The third kappa shape index (κ3) is 3.81.